The van der Waals surface area contributed by atoms with E-state index < -0.39 is 20.0 Å². The Morgan fingerprint density at radius 1 is 0.794 bits per heavy atom. The van der Waals surface area contributed by atoms with Gasteiger partial charge in [0.15, 0.2) is 0 Å². The number of aryl methyl sites for hydroxylation is 2. The molecule has 0 amide bonds. The van der Waals surface area contributed by atoms with Gasteiger partial charge in [0.25, 0.3) is 20.0 Å². The molecule has 12 heteroatoms. The molecule has 2 aromatic carbocycles. The van der Waals surface area contributed by atoms with Gasteiger partial charge in [-0.05, 0) is 63.2 Å². The first-order valence-corrected chi connectivity index (χ1v) is 13.1. The molecule has 0 fully saturated rings. The van der Waals surface area contributed by atoms with E-state index in [1.807, 2.05) is 30.3 Å². The van der Waals surface area contributed by atoms with Crippen molar-refractivity contribution < 1.29 is 16.8 Å². The van der Waals surface area contributed by atoms with Crippen molar-refractivity contribution in [2.75, 3.05) is 9.44 Å². The van der Waals surface area contributed by atoms with Crippen molar-refractivity contribution in [1.82, 2.24) is 19.7 Å². The van der Waals surface area contributed by atoms with Crippen molar-refractivity contribution in [2.45, 2.75) is 30.6 Å². The van der Waals surface area contributed by atoms with E-state index in [0.29, 0.717) is 17.1 Å². The monoisotopic (exact) mass is 498 g/mol. The molecule has 2 aromatic heterocycles. The van der Waals surface area contributed by atoms with Crippen molar-refractivity contribution in [3.63, 3.8) is 0 Å². The minimum absolute atomic E-state index is 0.0499. The van der Waals surface area contributed by atoms with Gasteiger partial charge in [-0.15, -0.1) is 0 Å². The fourth-order valence-corrected chi connectivity index (χ4v) is 5.83. The van der Waals surface area contributed by atoms with E-state index in [1.165, 1.54) is 30.5 Å². The quantitative estimate of drug-likeness (QED) is 0.399. The lowest BCUT2D eigenvalue weighted by Gasteiger charge is -2.11. The summed E-state index contributed by atoms with van der Waals surface area (Å²) in [6.45, 7) is 5.01. The molecule has 4 rings (SSSR count). The predicted octanol–water partition coefficient (Wildman–Crippen LogP) is 3.19. The molecule has 176 valence electrons. The van der Waals surface area contributed by atoms with Crippen LogP contribution in [0, 0.1) is 20.8 Å². The number of aromatic nitrogens is 4. The van der Waals surface area contributed by atoms with E-state index in [4.69, 9.17) is 0 Å². The third kappa shape index (κ3) is 4.77. The Morgan fingerprint density at radius 3 is 2.12 bits per heavy atom. The van der Waals surface area contributed by atoms with Gasteiger partial charge < -0.3 is 0 Å². The van der Waals surface area contributed by atoms with Crippen LogP contribution in [0.15, 0.2) is 76.7 Å². The number of nitrogens with zero attached hydrogens (tertiary/aromatic N) is 4. The molecule has 0 aliphatic rings. The molecule has 4 aromatic rings. The molecule has 0 spiro atoms. The highest BCUT2D eigenvalue weighted by Crippen LogP contribution is 2.25. The van der Waals surface area contributed by atoms with Crippen LogP contribution in [0.3, 0.4) is 0 Å². The Balaban J connectivity index is 1.57. The first-order valence-electron chi connectivity index (χ1n) is 10.1. The number of nitrogens with one attached hydrogen (secondary N) is 2. The van der Waals surface area contributed by atoms with Crippen LogP contribution in [0.25, 0.3) is 5.69 Å². The summed E-state index contributed by atoms with van der Waals surface area (Å²) in [5.41, 5.74) is 2.35. The van der Waals surface area contributed by atoms with Crippen LogP contribution in [-0.4, -0.2) is 36.6 Å². The van der Waals surface area contributed by atoms with Gasteiger partial charge in [-0.3, -0.25) is 4.72 Å². The molecule has 0 atom stereocenters. The summed E-state index contributed by atoms with van der Waals surface area (Å²) in [5.74, 6) is -0.0499. The van der Waals surface area contributed by atoms with Crippen molar-refractivity contribution in [1.29, 1.82) is 0 Å². The van der Waals surface area contributed by atoms with Crippen molar-refractivity contribution in [2.24, 2.45) is 0 Å². The van der Waals surface area contributed by atoms with E-state index in [2.05, 4.69) is 24.5 Å². The molecule has 34 heavy (non-hydrogen) atoms. The lowest BCUT2D eigenvalue weighted by atomic mass is 10.3. The molecular weight excluding hydrogens is 476 g/mol. The standard InChI is InChI=1S/C22H22N6O4S2/c1-15-13-14-23-22(24-15)27-33(29,30)20-11-9-18(10-12-20)26-34(31,32)21-16(2)25-28(17(21)3)19-7-5-4-6-8-19/h4-14,26H,1-3H3,(H,23,24,27). The zero-order chi connectivity index (χ0) is 24.5. The highest BCUT2D eigenvalue weighted by atomic mass is 32.2. The lowest BCUT2D eigenvalue weighted by Crippen LogP contribution is -2.16. The van der Waals surface area contributed by atoms with Crippen LogP contribution in [0.2, 0.25) is 0 Å². The maximum Gasteiger partial charge on any atom is 0.265 e. The van der Waals surface area contributed by atoms with Crippen LogP contribution in [0.1, 0.15) is 17.1 Å². The van der Waals surface area contributed by atoms with E-state index in [9.17, 15) is 16.8 Å². The van der Waals surface area contributed by atoms with Gasteiger partial charge >= 0.3 is 0 Å². The molecule has 2 heterocycles. The average molecular weight is 499 g/mol. The maximum absolute atomic E-state index is 13.1. The molecule has 10 nitrogen and oxygen atoms in total. The summed E-state index contributed by atoms with van der Waals surface area (Å²) in [6, 6.07) is 16.2. The minimum Gasteiger partial charge on any atom is -0.280 e. The smallest absolute Gasteiger partial charge is 0.265 e. The number of benzene rings is 2. The topological polar surface area (TPSA) is 136 Å². The summed E-state index contributed by atoms with van der Waals surface area (Å²) < 4.78 is 57.9. The Bertz CT molecular complexity index is 1550. The minimum atomic E-state index is -3.98. The third-order valence-corrected chi connectivity index (χ3v) is 7.91. The number of hydrogen-bond acceptors (Lipinski definition) is 7. The highest BCUT2D eigenvalue weighted by molar-refractivity contribution is 7.93. The molecule has 0 aliphatic carbocycles. The average Bonchev–Trinajstić information content (AvgIpc) is 3.09. The molecule has 2 N–H and O–H groups in total. The summed E-state index contributed by atoms with van der Waals surface area (Å²) >= 11 is 0. The van der Waals surface area contributed by atoms with Crippen LogP contribution in [0.5, 0.6) is 0 Å². The van der Waals surface area contributed by atoms with Crippen molar-refractivity contribution in [3.05, 3.63) is 83.9 Å². The van der Waals surface area contributed by atoms with Crippen LogP contribution in [0.4, 0.5) is 11.6 Å². The van der Waals surface area contributed by atoms with Crippen LogP contribution in [-0.2, 0) is 20.0 Å². The van der Waals surface area contributed by atoms with Gasteiger partial charge in [-0.25, -0.2) is 36.2 Å². The van der Waals surface area contributed by atoms with Crippen molar-refractivity contribution >= 4 is 31.7 Å². The van der Waals surface area contributed by atoms with Gasteiger partial charge in [-0.2, -0.15) is 5.10 Å². The normalized spacial score (nSPS) is 11.9. The Hall–Kier alpha value is -3.77. The summed E-state index contributed by atoms with van der Waals surface area (Å²) in [4.78, 5) is 7.91. The number of hydrogen-bond donors (Lipinski definition) is 2. The van der Waals surface area contributed by atoms with Gasteiger partial charge in [0.2, 0.25) is 5.95 Å². The van der Waals surface area contributed by atoms with E-state index in [1.54, 1.807) is 31.5 Å². The first-order chi connectivity index (χ1) is 16.1. The molecule has 0 saturated carbocycles. The zero-order valence-corrected chi connectivity index (χ0v) is 20.2. The van der Waals surface area contributed by atoms with E-state index >= 15 is 0 Å². The summed E-state index contributed by atoms with van der Waals surface area (Å²) in [7, 11) is -7.93. The van der Waals surface area contributed by atoms with E-state index in [-0.39, 0.29) is 21.4 Å². The molecule has 0 saturated heterocycles. The second-order valence-electron chi connectivity index (χ2n) is 7.50. The van der Waals surface area contributed by atoms with E-state index in [0.717, 1.165) is 5.69 Å². The lowest BCUT2D eigenvalue weighted by molar-refractivity contribution is 0.599. The summed E-state index contributed by atoms with van der Waals surface area (Å²) in [6.07, 6.45) is 1.45. The predicted molar refractivity (Wildman–Crippen MR) is 128 cm³/mol. The molecule has 0 aliphatic heterocycles. The molecule has 0 bridgehead atoms. The third-order valence-electron chi connectivity index (χ3n) is 4.93. The van der Waals surface area contributed by atoms with Gasteiger partial charge in [-0.1, -0.05) is 18.2 Å². The summed E-state index contributed by atoms with van der Waals surface area (Å²) in [5, 5.41) is 4.38. The number of sulfonamides is 2. The van der Waals surface area contributed by atoms with Gasteiger partial charge in [0.1, 0.15) is 4.90 Å². The fourth-order valence-electron chi connectivity index (χ4n) is 3.42. The Morgan fingerprint density at radius 2 is 1.47 bits per heavy atom. The number of anilines is 2. The molecule has 0 unspecified atom stereocenters. The van der Waals surface area contributed by atoms with Crippen LogP contribution >= 0.6 is 0 Å². The SMILES string of the molecule is Cc1ccnc(NS(=O)(=O)c2ccc(NS(=O)(=O)c3c(C)nn(-c4ccccc4)c3C)cc2)n1. The maximum atomic E-state index is 13.1. The molecular formula is C22H22N6O4S2. The van der Waals surface area contributed by atoms with Gasteiger partial charge in [0.05, 0.1) is 22.0 Å². The van der Waals surface area contributed by atoms with Gasteiger partial charge in [0, 0.05) is 17.6 Å². The number of rotatable bonds is 7. The largest absolute Gasteiger partial charge is 0.280 e. The van der Waals surface area contributed by atoms with Crippen LogP contribution < -0.4 is 9.44 Å². The zero-order valence-electron chi connectivity index (χ0n) is 18.6. The van der Waals surface area contributed by atoms with Crippen molar-refractivity contribution in [3.8, 4) is 5.69 Å². The Labute approximate surface area is 197 Å². The fraction of sp³-hybridized carbons (Fsp3) is 0.136. The first kappa shape index (κ1) is 23.4. The Kier molecular flexibility index (Phi) is 6.11. The second-order valence-corrected chi connectivity index (χ2v) is 10.8. The second kappa shape index (κ2) is 8.88. The number of para-hydroxylation sites is 1. The highest BCUT2D eigenvalue weighted by Gasteiger charge is 2.25. The molecule has 0 radical (unpaired) electrons.